The van der Waals surface area contributed by atoms with Gasteiger partial charge in [-0.05, 0) is 67.9 Å². The molecule has 7 heteroatoms. The van der Waals surface area contributed by atoms with E-state index in [-0.39, 0.29) is 17.5 Å². The second-order valence-electron chi connectivity index (χ2n) is 8.70. The molecule has 4 aliphatic carbocycles. The summed E-state index contributed by atoms with van der Waals surface area (Å²) in [6.07, 6.45) is 5.50. The van der Waals surface area contributed by atoms with Gasteiger partial charge in [0, 0.05) is 11.8 Å². The van der Waals surface area contributed by atoms with Crippen LogP contribution in [0.15, 0.2) is 18.2 Å². The molecule has 0 saturated heterocycles. The minimum Gasteiger partial charge on any atom is -0.456 e. The normalized spacial score (nSPS) is 33.7. The van der Waals surface area contributed by atoms with Gasteiger partial charge in [-0.25, -0.2) is 8.78 Å². The van der Waals surface area contributed by atoms with Gasteiger partial charge in [0.05, 0.1) is 12.0 Å². The van der Waals surface area contributed by atoms with Crippen molar-refractivity contribution in [1.82, 2.24) is 0 Å². The highest BCUT2D eigenvalue weighted by molar-refractivity contribution is 5.92. The van der Waals surface area contributed by atoms with Crippen LogP contribution in [0, 0.1) is 28.9 Å². The summed E-state index contributed by atoms with van der Waals surface area (Å²) in [5, 5.41) is 13.1. The van der Waals surface area contributed by atoms with E-state index in [1.54, 1.807) is 0 Å². The summed E-state index contributed by atoms with van der Waals surface area (Å²) in [5.74, 6) is -2.19. The third-order valence-electron chi connectivity index (χ3n) is 6.24. The summed E-state index contributed by atoms with van der Waals surface area (Å²) in [4.78, 5) is 24.2. The van der Waals surface area contributed by atoms with E-state index >= 15 is 0 Å². The average molecular weight is 379 g/mol. The summed E-state index contributed by atoms with van der Waals surface area (Å²) in [6, 6.07) is 3.01. The lowest BCUT2D eigenvalue weighted by molar-refractivity contribution is -0.177. The standard InChI is InChI=1S/C20H23F2NO4/c21-15-2-1-14(4-16(15)22)23-17(24)10-27-18(25)9-19-5-12-3-13(6-19)8-20(26,7-12)11-19/h1-2,4,12-13,26H,3,5-11H2,(H,23,24)/t12-,13+,19?,20?. The molecule has 4 aliphatic rings. The number of amides is 1. The first-order valence-corrected chi connectivity index (χ1v) is 9.37. The Bertz CT molecular complexity index is 767. The molecule has 5 nitrogen and oxygen atoms in total. The number of ether oxygens (including phenoxy) is 1. The van der Waals surface area contributed by atoms with Gasteiger partial charge < -0.3 is 15.2 Å². The smallest absolute Gasteiger partial charge is 0.306 e. The summed E-state index contributed by atoms with van der Waals surface area (Å²) in [5.41, 5.74) is -0.765. The molecule has 0 heterocycles. The average Bonchev–Trinajstić information content (AvgIpc) is 2.53. The molecule has 0 aliphatic heterocycles. The summed E-state index contributed by atoms with van der Waals surface area (Å²) in [7, 11) is 0. The van der Waals surface area contributed by atoms with Gasteiger partial charge in [-0.15, -0.1) is 0 Å². The van der Waals surface area contributed by atoms with Crippen molar-refractivity contribution in [3.05, 3.63) is 29.8 Å². The first-order valence-electron chi connectivity index (χ1n) is 9.37. The number of hydrogen-bond acceptors (Lipinski definition) is 4. The predicted molar refractivity (Wildman–Crippen MR) is 92.6 cm³/mol. The van der Waals surface area contributed by atoms with Crippen molar-refractivity contribution in [3.8, 4) is 0 Å². The maximum atomic E-state index is 13.2. The van der Waals surface area contributed by atoms with E-state index in [2.05, 4.69) is 5.32 Å². The molecule has 0 spiro atoms. The molecule has 2 unspecified atom stereocenters. The molecule has 0 radical (unpaired) electrons. The minimum atomic E-state index is -1.07. The second-order valence-corrected chi connectivity index (χ2v) is 8.70. The van der Waals surface area contributed by atoms with Gasteiger partial charge in [0.25, 0.3) is 5.91 Å². The lowest BCUT2D eigenvalue weighted by atomic mass is 9.47. The van der Waals surface area contributed by atoms with Crippen LogP contribution in [0.2, 0.25) is 0 Å². The van der Waals surface area contributed by atoms with Crippen LogP contribution in [0.1, 0.15) is 44.9 Å². The molecular formula is C20H23F2NO4. The van der Waals surface area contributed by atoms with Gasteiger partial charge in [-0.1, -0.05) is 0 Å². The number of esters is 1. The minimum absolute atomic E-state index is 0.0956. The molecular weight excluding hydrogens is 356 g/mol. The van der Waals surface area contributed by atoms with Crippen LogP contribution in [0.25, 0.3) is 0 Å². The van der Waals surface area contributed by atoms with E-state index < -0.39 is 35.7 Å². The van der Waals surface area contributed by atoms with Gasteiger partial charge >= 0.3 is 5.97 Å². The molecule has 4 bridgehead atoms. The van der Waals surface area contributed by atoms with E-state index in [1.807, 2.05) is 0 Å². The first kappa shape index (κ1) is 18.3. The number of anilines is 1. The number of hydrogen-bond donors (Lipinski definition) is 2. The third-order valence-corrected chi connectivity index (χ3v) is 6.24. The summed E-state index contributed by atoms with van der Waals surface area (Å²) in [6.45, 7) is -0.481. The number of nitrogens with one attached hydrogen (secondary N) is 1. The summed E-state index contributed by atoms with van der Waals surface area (Å²) >= 11 is 0. The zero-order chi connectivity index (χ0) is 19.2. The molecule has 4 fully saturated rings. The maximum absolute atomic E-state index is 13.2. The van der Waals surface area contributed by atoms with E-state index in [0.29, 0.717) is 18.3 Å². The molecule has 146 valence electrons. The Morgan fingerprint density at radius 2 is 1.85 bits per heavy atom. The molecule has 27 heavy (non-hydrogen) atoms. The molecule has 1 aromatic carbocycles. The molecule has 4 saturated carbocycles. The van der Waals surface area contributed by atoms with Gasteiger partial charge in [0.1, 0.15) is 0 Å². The van der Waals surface area contributed by atoms with Crippen LogP contribution in [0.3, 0.4) is 0 Å². The van der Waals surface area contributed by atoms with Crippen LogP contribution in [0.5, 0.6) is 0 Å². The van der Waals surface area contributed by atoms with Crippen LogP contribution in [-0.2, 0) is 14.3 Å². The van der Waals surface area contributed by atoms with Crippen LogP contribution < -0.4 is 5.32 Å². The topological polar surface area (TPSA) is 75.6 Å². The van der Waals surface area contributed by atoms with Gasteiger partial charge in [-0.3, -0.25) is 9.59 Å². The maximum Gasteiger partial charge on any atom is 0.306 e. The number of carbonyl (C=O) groups excluding carboxylic acids is 2. The molecule has 4 atom stereocenters. The Morgan fingerprint density at radius 3 is 2.48 bits per heavy atom. The molecule has 0 aromatic heterocycles. The quantitative estimate of drug-likeness (QED) is 0.771. The van der Waals surface area contributed by atoms with Crippen molar-refractivity contribution in [2.45, 2.75) is 50.5 Å². The highest BCUT2D eigenvalue weighted by Crippen LogP contribution is 2.62. The van der Waals surface area contributed by atoms with Crippen LogP contribution in [0.4, 0.5) is 14.5 Å². The number of carbonyl (C=O) groups is 2. The SMILES string of the molecule is O=C(COC(=O)CC12C[C@@H]3C[C@@H](CC(O)(C3)C1)C2)Nc1ccc(F)c(F)c1. The van der Waals surface area contributed by atoms with E-state index in [0.717, 1.165) is 44.2 Å². The molecule has 1 aromatic rings. The largest absolute Gasteiger partial charge is 0.456 e. The van der Waals surface area contributed by atoms with E-state index in [4.69, 9.17) is 4.74 Å². The number of benzene rings is 1. The highest BCUT2D eigenvalue weighted by Gasteiger charge is 2.57. The summed E-state index contributed by atoms with van der Waals surface area (Å²) < 4.78 is 31.2. The Morgan fingerprint density at radius 1 is 1.15 bits per heavy atom. The fourth-order valence-corrected chi connectivity index (χ4v) is 5.88. The Hall–Kier alpha value is -2.02. The zero-order valence-electron chi connectivity index (χ0n) is 15.0. The van der Waals surface area contributed by atoms with Gasteiger partial charge in [-0.2, -0.15) is 0 Å². The van der Waals surface area contributed by atoms with E-state index in [9.17, 15) is 23.5 Å². The Balaban J connectivity index is 1.30. The van der Waals surface area contributed by atoms with Crippen molar-refractivity contribution in [3.63, 3.8) is 0 Å². The van der Waals surface area contributed by atoms with Crippen molar-refractivity contribution >= 4 is 17.6 Å². The number of rotatable bonds is 5. The molecule has 1 amide bonds. The lowest BCUT2D eigenvalue weighted by Gasteiger charge is -2.60. The third kappa shape index (κ3) is 3.83. The Labute approximate surface area is 156 Å². The second kappa shape index (κ2) is 6.55. The highest BCUT2D eigenvalue weighted by atomic mass is 19.2. The van der Waals surface area contributed by atoms with Crippen molar-refractivity contribution in [2.24, 2.45) is 17.3 Å². The lowest BCUT2D eigenvalue weighted by Crippen LogP contribution is -2.56. The van der Waals surface area contributed by atoms with Crippen LogP contribution in [-0.4, -0.2) is 29.2 Å². The predicted octanol–water partition coefficient (Wildman–Crippen LogP) is 3.17. The molecule has 2 N–H and O–H groups in total. The first-order chi connectivity index (χ1) is 12.7. The molecule has 5 rings (SSSR count). The zero-order valence-corrected chi connectivity index (χ0v) is 15.0. The van der Waals surface area contributed by atoms with Crippen LogP contribution >= 0.6 is 0 Å². The number of aliphatic hydroxyl groups is 1. The number of halogens is 2. The monoisotopic (exact) mass is 379 g/mol. The van der Waals surface area contributed by atoms with Gasteiger partial charge in [0.2, 0.25) is 0 Å². The van der Waals surface area contributed by atoms with Crippen molar-refractivity contribution in [2.75, 3.05) is 11.9 Å². The van der Waals surface area contributed by atoms with E-state index in [1.165, 1.54) is 6.07 Å². The Kier molecular flexibility index (Phi) is 4.45. The fraction of sp³-hybridized carbons (Fsp3) is 0.600. The van der Waals surface area contributed by atoms with Gasteiger partial charge in [0.15, 0.2) is 18.2 Å². The fourth-order valence-electron chi connectivity index (χ4n) is 5.88. The van der Waals surface area contributed by atoms with Crippen molar-refractivity contribution in [1.29, 1.82) is 0 Å². The van der Waals surface area contributed by atoms with Crippen molar-refractivity contribution < 1.29 is 28.2 Å².